The van der Waals surface area contributed by atoms with Gasteiger partial charge in [0.2, 0.25) is 5.95 Å². The fourth-order valence-corrected chi connectivity index (χ4v) is 2.10. The van der Waals surface area contributed by atoms with Gasteiger partial charge in [-0.25, -0.2) is 9.97 Å². The van der Waals surface area contributed by atoms with Crippen LogP contribution in [-0.4, -0.2) is 41.3 Å². The number of furan rings is 1. The number of aromatic nitrogens is 2. The molecular weight excluding hydrogens is 268 g/mol. The van der Waals surface area contributed by atoms with Gasteiger partial charge >= 0.3 is 0 Å². The van der Waals surface area contributed by atoms with E-state index in [-0.39, 0.29) is 11.8 Å². The number of aryl methyl sites for hydroxylation is 1. The Kier molecular flexibility index (Phi) is 4.70. The number of nitrogens with zero attached hydrogens (tertiary/aromatic N) is 3. The van der Waals surface area contributed by atoms with Gasteiger partial charge in [0.25, 0.3) is 0 Å². The average Bonchev–Trinajstić information content (AvgIpc) is 2.92. The minimum Gasteiger partial charge on any atom is -0.468 e. The van der Waals surface area contributed by atoms with E-state index in [1.165, 1.54) is 6.92 Å². The Morgan fingerprint density at radius 1 is 1.48 bits per heavy atom. The zero-order chi connectivity index (χ0) is 15.4. The summed E-state index contributed by atoms with van der Waals surface area (Å²) in [6.07, 6.45) is 3.22. The molecule has 1 atom stereocenters. The Morgan fingerprint density at radius 2 is 2.24 bits per heavy atom. The van der Waals surface area contributed by atoms with Gasteiger partial charge in [-0.3, -0.25) is 9.69 Å². The van der Waals surface area contributed by atoms with Crippen LogP contribution in [0.5, 0.6) is 0 Å². The van der Waals surface area contributed by atoms with Crippen LogP contribution >= 0.6 is 0 Å². The van der Waals surface area contributed by atoms with Crippen molar-refractivity contribution >= 4 is 11.7 Å². The van der Waals surface area contributed by atoms with Crippen molar-refractivity contribution in [3.63, 3.8) is 0 Å². The Labute approximate surface area is 124 Å². The van der Waals surface area contributed by atoms with Gasteiger partial charge in [0.05, 0.1) is 23.6 Å². The zero-order valence-electron chi connectivity index (χ0n) is 12.8. The van der Waals surface area contributed by atoms with E-state index in [9.17, 15) is 4.79 Å². The van der Waals surface area contributed by atoms with E-state index >= 15 is 0 Å². The molecule has 0 radical (unpaired) electrons. The van der Waals surface area contributed by atoms with Crippen molar-refractivity contribution in [3.05, 3.63) is 41.6 Å². The Morgan fingerprint density at radius 3 is 2.76 bits per heavy atom. The Bertz CT molecular complexity index is 608. The number of carbonyl (C=O) groups is 1. The smallest absolute Gasteiger partial charge is 0.222 e. The van der Waals surface area contributed by atoms with E-state index in [4.69, 9.17) is 4.42 Å². The fraction of sp³-hybridized carbons (Fsp3) is 0.400. The van der Waals surface area contributed by atoms with E-state index < -0.39 is 0 Å². The van der Waals surface area contributed by atoms with Crippen LogP contribution in [0.25, 0.3) is 0 Å². The monoisotopic (exact) mass is 288 g/mol. The average molecular weight is 288 g/mol. The first-order valence-electron chi connectivity index (χ1n) is 6.77. The van der Waals surface area contributed by atoms with Crippen molar-refractivity contribution in [1.82, 2.24) is 14.9 Å². The molecule has 0 saturated heterocycles. The molecule has 2 aromatic rings. The number of anilines is 1. The Hall–Kier alpha value is -2.21. The zero-order valence-corrected chi connectivity index (χ0v) is 12.8. The third kappa shape index (κ3) is 3.66. The largest absolute Gasteiger partial charge is 0.468 e. The molecule has 0 spiro atoms. The van der Waals surface area contributed by atoms with Gasteiger partial charge in [-0.15, -0.1) is 0 Å². The van der Waals surface area contributed by atoms with Crippen molar-refractivity contribution in [2.45, 2.75) is 19.9 Å². The number of rotatable bonds is 6. The summed E-state index contributed by atoms with van der Waals surface area (Å²) in [4.78, 5) is 21.9. The summed E-state index contributed by atoms with van der Waals surface area (Å²) < 4.78 is 5.45. The number of likely N-dealkylation sites (N-methyl/N-ethyl adjacent to an activating group) is 1. The van der Waals surface area contributed by atoms with Gasteiger partial charge in [0, 0.05) is 12.7 Å². The van der Waals surface area contributed by atoms with E-state index in [0.717, 1.165) is 5.76 Å². The molecule has 0 bridgehead atoms. The van der Waals surface area contributed by atoms with Crippen LogP contribution in [0.1, 0.15) is 34.8 Å². The number of ketones is 1. The van der Waals surface area contributed by atoms with Crippen molar-refractivity contribution in [2.24, 2.45) is 0 Å². The number of Topliss-reactive ketones (excluding diaryl/α,β-unsaturated/α-hetero) is 1. The number of hydrogen-bond acceptors (Lipinski definition) is 6. The molecule has 0 aromatic carbocycles. The topological polar surface area (TPSA) is 71.3 Å². The first-order chi connectivity index (χ1) is 9.99. The number of carbonyl (C=O) groups excluding carboxylic acids is 1. The molecule has 0 amide bonds. The molecule has 0 aliphatic carbocycles. The number of nitrogens with one attached hydrogen (secondary N) is 1. The molecule has 2 heterocycles. The van der Waals surface area contributed by atoms with Crippen LogP contribution in [0.3, 0.4) is 0 Å². The molecule has 0 fully saturated rings. The number of hydrogen-bond donors (Lipinski definition) is 1. The van der Waals surface area contributed by atoms with Crippen LogP contribution in [0, 0.1) is 6.92 Å². The molecule has 0 aliphatic rings. The van der Waals surface area contributed by atoms with Gasteiger partial charge < -0.3 is 9.73 Å². The van der Waals surface area contributed by atoms with Crippen molar-refractivity contribution in [2.75, 3.05) is 26.0 Å². The highest BCUT2D eigenvalue weighted by atomic mass is 16.3. The summed E-state index contributed by atoms with van der Waals surface area (Å²) in [6, 6.07) is 3.89. The third-order valence-electron chi connectivity index (χ3n) is 3.31. The lowest BCUT2D eigenvalue weighted by Crippen LogP contribution is -2.27. The lowest BCUT2D eigenvalue weighted by Gasteiger charge is -2.22. The van der Waals surface area contributed by atoms with E-state index in [1.807, 2.05) is 26.2 Å². The van der Waals surface area contributed by atoms with Crippen molar-refractivity contribution < 1.29 is 9.21 Å². The van der Waals surface area contributed by atoms with E-state index in [1.54, 1.807) is 19.4 Å². The summed E-state index contributed by atoms with van der Waals surface area (Å²) in [5.41, 5.74) is 1.23. The summed E-state index contributed by atoms with van der Waals surface area (Å²) in [7, 11) is 3.97. The van der Waals surface area contributed by atoms with Crippen LogP contribution in [0.15, 0.2) is 29.0 Å². The predicted molar refractivity (Wildman–Crippen MR) is 80.4 cm³/mol. The maximum atomic E-state index is 11.4. The van der Waals surface area contributed by atoms with Gasteiger partial charge in [0.15, 0.2) is 5.78 Å². The second-order valence-electron chi connectivity index (χ2n) is 5.12. The summed E-state index contributed by atoms with van der Waals surface area (Å²) in [5.74, 6) is 1.36. The normalized spacial score (nSPS) is 12.4. The molecule has 2 aromatic heterocycles. The van der Waals surface area contributed by atoms with E-state index in [2.05, 4.69) is 20.2 Å². The first kappa shape index (κ1) is 15.2. The fourth-order valence-electron chi connectivity index (χ4n) is 2.10. The van der Waals surface area contributed by atoms with Crippen molar-refractivity contribution in [1.29, 1.82) is 0 Å². The van der Waals surface area contributed by atoms with Crippen LogP contribution in [0.2, 0.25) is 0 Å². The molecule has 0 saturated carbocycles. The molecule has 1 unspecified atom stereocenters. The summed E-state index contributed by atoms with van der Waals surface area (Å²) >= 11 is 0. The highest BCUT2D eigenvalue weighted by Crippen LogP contribution is 2.19. The maximum absolute atomic E-state index is 11.4. The predicted octanol–water partition coefficient (Wildman–Crippen LogP) is 2.30. The minimum atomic E-state index is -0.0270. The van der Waals surface area contributed by atoms with Crippen LogP contribution < -0.4 is 5.32 Å². The van der Waals surface area contributed by atoms with E-state index in [0.29, 0.717) is 23.8 Å². The summed E-state index contributed by atoms with van der Waals surface area (Å²) in [6.45, 7) is 3.93. The molecule has 0 aliphatic heterocycles. The van der Waals surface area contributed by atoms with Gasteiger partial charge in [0.1, 0.15) is 5.76 Å². The minimum absolute atomic E-state index is 0.0270. The SMILES string of the molecule is CC(=O)c1cnc(NCC(c2ccco2)N(C)C)nc1C. The van der Waals surface area contributed by atoms with Crippen LogP contribution in [0.4, 0.5) is 5.95 Å². The van der Waals surface area contributed by atoms with Gasteiger partial charge in [-0.1, -0.05) is 0 Å². The summed E-state index contributed by atoms with van der Waals surface area (Å²) in [5, 5.41) is 3.19. The molecule has 112 valence electrons. The quantitative estimate of drug-likeness (QED) is 0.822. The highest BCUT2D eigenvalue weighted by molar-refractivity contribution is 5.94. The van der Waals surface area contributed by atoms with Crippen LogP contribution in [-0.2, 0) is 0 Å². The van der Waals surface area contributed by atoms with Gasteiger partial charge in [-0.2, -0.15) is 0 Å². The maximum Gasteiger partial charge on any atom is 0.222 e. The second-order valence-corrected chi connectivity index (χ2v) is 5.12. The first-order valence-corrected chi connectivity index (χ1v) is 6.77. The van der Waals surface area contributed by atoms with Crippen molar-refractivity contribution in [3.8, 4) is 0 Å². The third-order valence-corrected chi connectivity index (χ3v) is 3.31. The Balaban J connectivity index is 2.08. The lowest BCUT2D eigenvalue weighted by atomic mass is 10.2. The second kappa shape index (κ2) is 6.49. The molecule has 21 heavy (non-hydrogen) atoms. The lowest BCUT2D eigenvalue weighted by molar-refractivity contribution is 0.101. The molecule has 6 nitrogen and oxygen atoms in total. The molecular formula is C15H20N4O2. The highest BCUT2D eigenvalue weighted by Gasteiger charge is 2.17. The molecule has 6 heteroatoms. The molecule has 1 N–H and O–H groups in total. The molecule has 2 rings (SSSR count). The standard InChI is InChI=1S/C15H20N4O2/c1-10-12(11(2)20)8-16-15(18-10)17-9-13(19(3)4)14-6-5-7-21-14/h5-8,13H,9H2,1-4H3,(H,16,17,18). The van der Waals surface area contributed by atoms with Gasteiger partial charge in [-0.05, 0) is 40.1 Å².